The summed E-state index contributed by atoms with van der Waals surface area (Å²) in [7, 11) is 0. The highest BCUT2D eigenvalue weighted by atomic mass is 79.9. The van der Waals surface area contributed by atoms with E-state index in [1.54, 1.807) is 11.3 Å². The van der Waals surface area contributed by atoms with Gasteiger partial charge in [-0.1, -0.05) is 22.0 Å². The molecule has 0 amide bonds. The maximum atomic E-state index is 6.50. The second-order valence-corrected chi connectivity index (χ2v) is 7.41. The van der Waals surface area contributed by atoms with Gasteiger partial charge in [-0.2, -0.15) is 0 Å². The van der Waals surface area contributed by atoms with Gasteiger partial charge >= 0.3 is 0 Å². The molecule has 0 saturated carbocycles. The molecule has 0 N–H and O–H groups in total. The summed E-state index contributed by atoms with van der Waals surface area (Å²) >= 11 is 15.1. The van der Waals surface area contributed by atoms with Crippen molar-refractivity contribution in [1.82, 2.24) is 0 Å². The first-order chi connectivity index (χ1) is 8.61. The normalized spacial score (nSPS) is 12.4. The lowest BCUT2D eigenvalue weighted by Crippen LogP contribution is -1.95. The van der Waals surface area contributed by atoms with Gasteiger partial charge in [-0.15, -0.1) is 22.9 Å². The predicted molar refractivity (Wildman–Crippen MR) is 85.0 cm³/mol. The van der Waals surface area contributed by atoms with Crippen LogP contribution in [0.15, 0.2) is 38.6 Å². The first-order valence-corrected chi connectivity index (χ1v) is 8.27. The summed E-state index contributed by atoms with van der Waals surface area (Å²) in [6, 6.07) is 9.95. The van der Waals surface area contributed by atoms with Crippen LogP contribution in [-0.4, -0.2) is 6.61 Å². The summed E-state index contributed by atoms with van der Waals surface area (Å²) in [6.07, 6.45) is 0. The van der Waals surface area contributed by atoms with Crippen LogP contribution in [0.3, 0.4) is 0 Å². The molecule has 0 aliphatic rings. The van der Waals surface area contributed by atoms with Gasteiger partial charge in [0.2, 0.25) is 0 Å². The Kier molecular flexibility index (Phi) is 5.13. The number of benzene rings is 1. The lowest BCUT2D eigenvalue weighted by atomic mass is 10.1. The molecule has 0 spiro atoms. The third kappa shape index (κ3) is 3.29. The van der Waals surface area contributed by atoms with Crippen LogP contribution in [0.4, 0.5) is 0 Å². The Hall–Kier alpha value is -0.0300. The summed E-state index contributed by atoms with van der Waals surface area (Å²) in [4.78, 5) is 1.12. The summed E-state index contributed by atoms with van der Waals surface area (Å²) in [5.74, 6) is 0.851. The highest BCUT2D eigenvalue weighted by Gasteiger charge is 2.16. The molecular formula is C13H11Br2ClOS. The van der Waals surface area contributed by atoms with Crippen molar-refractivity contribution in [3.63, 3.8) is 0 Å². The van der Waals surface area contributed by atoms with Crippen LogP contribution in [-0.2, 0) is 0 Å². The van der Waals surface area contributed by atoms with Crippen LogP contribution >= 0.6 is 54.8 Å². The number of halogens is 3. The van der Waals surface area contributed by atoms with Gasteiger partial charge in [0, 0.05) is 9.35 Å². The van der Waals surface area contributed by atoms with Crippen molar-refractivity contribution in [1.29, 1.82) is 0 Å². The average molecular weight is 411 g/mol. The van der Waals surface area contributed by atoms with Crippen molar-refractivity contribution in [2.45, 2.75) is 12.3 Å². The van der Waals surface area contributed by atoms with E-state index in [0.29, 0.717) is 6.61 Å². The van der Waals surface area contributed by atoms with Crippen LogP contribution in [0.2, 0.25) is 0 Å². The van der Waals surface area contributed by atoms with Crippen molar-refractivity contribution in [3.8, 4) is 5.75 Å². The number of hydrogen-bond donors (Lipinski definition) is 0. The molecule has 1 atom stereocenters. The Morgan fingerprint density at radius 2 is 2.06 bits per heavy atom. The highest BCUT2D eigenvalue weighted by Crippen LogP contribution is 2.39. The number of hydrogen-bond acceptors (Lipinski definition) is 2. The van der Waals surface area contributed by atoms with Gasteiger partial charge < -0.3 is 4.74 Å². The second kappa shape index (κ2) is 6.42. The largest absolute Gasteiger partial charge is 0.494 e. The van der Waals surface area contributed by atoms with Gasteiger partial charge in [-0.25, -0.2) is 0 Å². The van der Waals surface area contributed by atoms with Crippen LogP contribution in [0.5, 0.6) is 5.75 Å². The molecule has 0 bridgehead atoms. The first kappa shape index (κ1) is 14.4. The third-order valence-electron chi connectivity index (χ3n) is 2.40. The van der Waals surface area contributed by atoms with Gasteiger partial charge in [0.1, 0.15) is 5.75 Å². The van der Waals surface area contributed by atoms with E-state index < -0.39 is 0 Å². The molecule has 96 valence electrons. The van der Waals surface area contributed by atoms with E-state index in [1.165, 1.54) is 0 Å². The Labute approximate surface area is 132 Å². The lowest BCUT2D eigenvalue weighted by Gasteiger charge is -2.12. The summed E-state index contributed by atoms with van der Waals surface area (Å²) in [6.45, 7) is 2.63. The predicted octanol–water partition coefficient (Wildman–Crippen LogP) is 6.00. The lowest BCUT2D eigenvalue weighted by molar-refractivity contribution is 0.340. The van der Waals surface area contributed by atoms with E-state index in [-0.39, 0.29) is 5.38 Å². The highest BCUT2D eigenvalue weighted by molar-refractivity contribution is 9.11. The molecule has 1 unspecified atom stereocenters. The monoisotopic (exact) mass is 408 g/mol. The SMILES string of the molecule is CCOc1ccc(C(Cl)c2ccc(Br)s2)c(Br)c1. The maximum Gasteiger partial charge on any atom is 0.120 e. The fourth-order valence-corrected chi connectivity index (χ4v) is 4.12. The molecule has 5 heteroatoms. The van der Waals surface area contributed by atoms with E-state index in [1.807, 2.05) is 37.3 Å². The third-order valence-corrected chi connectivity index (χ3v) is 5.37. The van der Waals surface area contributed by atoms with Gasteiger partial charge in [0.25, 0.3) is 0 Å². The summed E-state index contributed by atoms with van der Waals surface area (Å²) in [5, 5.41) is -0.147. The zero-order valence-electron chi connectivity index (χ0n) is 9.62. The van der Waals surface area contributed by atoms with Crippen LogP contribution in [0.25, 0.3) is 0 Å². The number of rotatable bonds is 4. The Morgan fingerprint density at radius 3 is 2.61 bits per heavy atom. The molecule has 18 heavy (non-hydrogen) atoms. The molecule has 1 aromatic heterocycles. The van der Waals surface area contributed by atoms with E-state index in [0.717, 1.165) is 24.4 Å². The van der Waals surface area contributed by atoms with Crippen molar-refractivity contribution < 1.29 is 4.74 Å². The molecule has 0 radical (unpaired) electrons. The zero-order valence-corrected chi connectivity index (χ0v) is 14.4. The maximum absolute atomic E-state index is 6.50. The fraction of sp³-hybridized carbons (Fsp3) is 0.231. The van der Waals surface area contributed by atoms with E-state index in [9.17, 15) is 0 Å². The Morgan fingerprint density at radius 1 is 1.28 bits per heavy atom. The summed E-state index contributed by atoms with van der Waals surface area (Å²) in [5.41, 5.74) is 1.05. The number of ether oxygens (including phenoxy) is 1. The Balaban J connectivity index is 2.28. The number of alkyl halides is 1. The van der Waals surface area contributed by atoms with Crippen molar-refractivity contribution >= 4 is 54.8 Å². The molecule has 0 aliphatic carbocycles. The quantitative estimate of drug-likeness (QED) is 0.562. The summed E-state index contributed by atoms with van der Waals surface area (Å²) < 4.78 is 7.51. The fourth-order valence-electron chi connectivity index (χ4n) is 1.59. The minimum atomic E-state index is -0.147. The molecule has 0 saturated heterocycles. The minimum Gasteiger partial charge on any atom is -0.494 e. The topological polar surface area (TPSA) is 9.23 Å². The second-order valence-electron chi connectivity index (χ2n) is 3.62. The van der Waals surface area contributed by atoms with Crippen molar-refractivity contribution in [2.24, 2.45) is 0 Å². The van der Waals surface area contributed by atoms with Crippen molar-refractivity contribution in [2.75, 3.05) is 6.61 Å². The molecule has 2 rings (SSSR count). The van der Waals surface area contributed by atoms with Gasteiger partial charge in [0.05, 0.1) is 15.8 Å². The van der Waals surface area contributed by atoms with Crippen LogP contribution in [0.1, 0.15) is 22.7 Å². The van der Waals surface area contributed by atoms with Gasteiger partial charge in [0.15, 0.2) is 0 Å². The standard InChI is InChI=1S/C13H11Br2ClOS/c1-2-17-8-3-4-9(10(14)7-8)13(16)11-5-6-12(15)18-11/h3-7,13H,2H2,1H3. The van der Waals surface area contributed by atoms with E-state index >= 15 is 0 Å². The van der Waals surface area contributed by atoms with Crippen molar-refractivity contribution in [3.05, 3.63) is 49.0 Å². The zero-order chi connectivity index (χ0) is 13.1. The van der Waals surface area contributed by atoms with Gasteiger partial charge in [-0.3, -0.25) is 0 Å². The number of thiophene rings is 1. The molecule has 2 aromatic rings. The molecule has 1 nitrogen and oxygen atoms in total. The van der Waals surface area contributed by atoms with E-state index in [2.05, 4.69) is 31.9 Å². The average Bonchev–Trinajstić information content (AvgIpc) is 2.76. The van der Waals surface area contributed by atoms with Crippen LogP contribution < -0.4 is 4.74 Å². The molecule has 0 aliphatic heterocycles. The first-order valence-electron chi connectivity index (χ1n) is 5.43. The van der Waals surface area contributed by atoms with Gasteiger partial charge in [-0.05, 0) is 52.7 Å². The molecule has 1 heterocycles. The Bertz CT molecular complexity index is 542. The minimum absolute atomic E-state index is 0.147. The molecular weight excluding hydrogens is 399 g/mol. The smallest absolute Gasteiger partial charge is 0.120 e. The van der Waals surface area contributed by atoms with Crippen LogP contribution in [0, 0.1) is 0 Å². The van der Waals surface area contributed by atoms with E-state index in [4.69, 9.17) is 16.3 Å². The molecule has 1 aromatic carbocycles. The molecule has 0 fully saturated rings.